The van der Waals surface area contributed by atoms with Crippen LogP contribution in [-0.4, -0.2) is 16.8 Å². The second kappa shape index (κ2) is 5.43. The fourth-order valence-electron chi connectivity index (χ4n) is 3.57. The van der Waals surface area contributed by atoms with E-state index >= 15 is 0 Å². The number of carbonyl (C=O) groups excluding carboxylic acids is 1. The number of benzene rings is 1. The molecule has 0 aliphatic heterocycles. The van der Waals surface area contributed by atoms with Crippen LogP contribution in [0.2, 0.25) is 0 Å². The van der Waals surface area contributed by atoms with Crippen molar-refractivity contribution in [2.45, 2.75) is 39.3 Å². The maximum absolute atomic E-state index is 12.9. The first-order chi connectivity index (χ1) is 9.65. The summed E-state index contributed by atoms with van der Waals surface area (Å²) in [6.07, 6.45) is 6.80. The third-order valence-electron chi connectivity index (χ3n) is 4.70. The third-order valence-corrected chi connectivity index (χ3v) is 4.70. The molecule has 0 heterocycles. The first kappa shape index (κ1) is 13.4. The summed E-state index contributed by atoms with van der Waals surface area (Å²) in [6.45, 7) is 4.96. The van der Waals surface area contributed by atoms with Gasteiger partial charge >= 0.3 is 0 Å². The van der Waals surface area contributed by atoms with Gasteiger partial charge in [0, 0.05) is 18.5 Å². The van der Waals surface area contributed by atoms with E-state index in [1.165, 1.54) is 12.0 Å². The van der Waals surface area contributed by atoms with Crippen LogP contribution in [0, 0.1) is 17.8 Å². The molecule has 20 heavy (non-hydrogen) atoms. The topological polar surface area (TPSA) is 20.3 Å². The predicted molar refractivity (Wildman–Crippen MR) is 81.0 cm³/mol. The van der Waals surface area contributed by atoms with Gasteiger partial charge in [0.1, 0.15) is 0 Å². The maximum Gasteiger partial charge on any atom is 0.226 e. The van der Waals surface area contributed by atoms with E-state index in [4.69, 9.17) is 0 Å². The molecular formula is C18H23NO. The number of allylic oxidation sites excluding steroid dienone is 2. The molecule has 1 aromatic rings. The van der Waals surface area contributed by atoms with E-state index in [9.17, 15) is 4.79 Å². The van der Waals surface area contributed by atoms with Crippen molar-refractivity contribution < 1.29 is 4.79 Å². The van der Waals surface area contributed by atoms with Gasteiger partial charge in [-0.15, -0.1) is 0 Å². The van der Waals surface area contributed by atoms with Crippen molar-refractivity contribution in [2.24, 2.45) is 17.8 Å². The van der Waals surface area contributed by atoms with Crippen molar-refractivity contribution in [1.29, 1.82) is 0 Å². The van der Waals surface area contributed by atoms with Gasteiger partial charge in [-0.1, -0.05) is 42.5 Å². The fourth-order valence-corrected chi connectivity index (χ4v) is 3.57. The third kappa shape index (κ3) is 2.52. The number of rotatable bonds is 4. The van der Waals surface area contributed by atoms with E-state index in [1.54, 1.807) is 0 Å². The first-order valence-electron chi connectivity index (χ1n) is 7.68. The van der Waals surface area contributed by atoms with Crippen LogP contribution in [-0.2, 0) is 11.3 Å². The number of nitrogens with zero attached hydrogens (tertiary/aromatic N) is 1. The minimum Gasteiger partial charge on any atom is -0.336 e. The Balaban J connectivity index is 1.74. The van der Waals surface area contributed by atoms with Crippen LogP contribution in [0.15, 0.2) is 42.5 Å². The number of hydrogen-bond donors (Lipinski definition) is 0. The molecule has 0 aromatic heterocycles. The van der Waals surface area contributed by atoms with E-state index in [1.807, 2.05) is 18.2 Å². The Morgan fingerprint density at radius 1 is 1.20 bits per heavy atom. The fraction of sp³-hybridized carbons (Fsp3) is 0.500. The van der Waals surface area contributed by atoms with Gasteiger partial charge in [0.15, 0.2) is 0 Å². The van der Waals surface area contributed by atoms with Crippen LogP contribution in [0.25, 0.3) is 0 Å². The van der Waals surface area contributed by atoms with E-state index in [0.29, 0.717) is 17.7 Å². The molecule has 2 heteroatoms. The smallest absolute Gasteiger partial charge is 0.226 e. The first-order valence-corrected chi connectivity index (χ1v) is 7.68. The lowest BCUT2D eigenvalue weighted by Gasteiger charge is -2.31. The summed E-state index contributed by atoms with van der Waals surface area (Å²) in [7, 11) is 0. The Morgan fingerprint density at radius 3 is 2.50 bits per heavy atom. The van der Waals surface area contributed by atoms with E-state index in [2.05, 4.69) is 43.0 Å². The van der Waals surface area contributed by atoms with Crippen molar-refractivity contribution in [3.05, 3.63) is 48.0 Å². The molecule has 2 aliphatic rings. The minimum atomic E-state index is 0.219. The van der Waals surface area contributed by atoms with Crippen molar-refractivity contribution in [1.82, 2.24) is 4.90 Å². The summed E-state index contributed by atoms with van der Waals surface area (Å²) in [5, 5.41) is 0. The predicted octanol–water partition coefficient (Wildman–Crippen LogP) is 3.64. The van der Waals surface area contributed by atoms with Crippen LogP contribution in [0.5, 0.6) is 0 Å². The highest BCUT2D eigenvalue weighted by Crippen LogP contribution is 2.44. The van der Waals surface area contributed by atoms with E-state index in [0.717, 1.165) is 13.0 Å². The van der Waals surface area contributed by atoms with Crippen LogP contribution < -0.4 is 0 Å². The van der Waals surface area contributed by atoms with Gasteiger partial charge in [-0.25, -0.2) is 0 Å². The minimum absolute atomic E-state index is 0.219. The Labute approximate surface area is 121 Å². The highest BCUT2D eigenvalue weighted by molar-refractivity contribution is 5.80. The molecule has 2 bridgehead atoms. The second-order valence-corrected chi connectivity index (χ2v) is 6.43. The summed E-state index contributed by atoms with van der Waals surface area (Å²) in [6, 6.07) is 10.6. The number of hydrogen-bond acceptors (Lipinski definition) is 1. The second-order valence-electron chi connectivity index (χ2n) is 6.43. The van der Waals surface area contributed by atoms with Crippen LogP contribution in [0.3, 0.4) is 0 Å². The van der Waals surface area contributed by atoms with Gasteiger partial charge in [0.05, 0.1) is 0 Å². The Hall–Kier alpha value is -1.57. The average molecular weight is 269 g/mol. The highest BCUT2D eigenvalue weighted by Gasteiger charge is 2.41. The largest absolute Gasteiger partial charge is 0.336 e. The van der Waals surface area contributed by atoms with Crippen LogP contribution in [0.4, 0.5) is 0 Å². The van der Waals surface area contributed by atoms with Gasteiger partial charge in [0.25, 0.3) is 0 Å². The molecule has 1 fully saturated rings. The Kier molecular flexibility index (Phi) is 3.64. The number of fused-ring (bicyclic) bond motifs is 2. The molecule has 1 aromatic carbocycles. The summed E-state index contributed by atoms with van der Waals surface area (Å²) in [5.74, 6) is 1.71. The van der Waals surface area contributed by atoms with Crippen LogP contribution in [0.1, 0.15) is 32.3 Å². The molecule has 0 N–H and O–H groups in total. The summed E-state index contributed by atoms with van der Waals surface area (Å²) in [5.41, 5.74) is 1.22. The summed E-state index contributed by atoms with van der Waals surface area (Å²) < 4.78 is 0. The molecule has 2 aliphatic carbocycles. The van der Waals surface area contributed by atoms with Gasteiger partial charge in [0.2, 0.25) is 5.91 Å². The Morgan fingerprint density at radius 2 is 1.95 bits per heavy atom. The maximum atomic E-state index is 12.9. The molecule has 0 radical (unpaired) electrons. The van der Waals surface area contributed by atoms with Crippen LogP contribution >= 0.6 is 0 Å². The lowest BCUT2D eigenvalue weighted by molar-refractivity contribution is -0.138. The monoisotopic (exact) mass is 269 g/mol. The van der Waals surface area contributed by atoms with Gasteiger partial charge in [-0.3, -0.25) is 4.79 Å². The normalized spacial score (nSPS) is 27.2. The molecule has 3 rings (SSSR count). The zero-order valence-corrected chi connectivity index (χ0v) is 12.3. The SMILES string of the molecule is CC(C)N(Cc1ccccc1)C(=O)C1CC2C=CC1C2. The van der Waals surface area contributed by atoms with E-state index < -0.39 is 0 Å². The Bertz CT molecular complexity index is 505. The molecule has 0 saturated heterocycles. The van der Waals surface area contributed by atoms with Crippen molar-refractivity contribution >= 4 is 5.91 Å². The summed E-state index contributed by atoms with van der Waals surface area (Å²) in [4.78, 5) is 14.9. The zero-order chi connectivity index (χ0) is 14.1. The quantitative estimate of drug-likeness (QED) is 0.764. The molecule has 1 amide bonds. The standard InChI is InChI=1S/C18H23NO/c1-13(2)19(12-14-6-4-3-5-7-14)18(20)17-11-15-8-9-16(17)10-15/h3-9,13,15-17H,10-12H2,1-2H3. The molecular weight excluding hydrogens is 246 g/mol. The van der Waals surface area contributed by atoms with Crippen molar-refractivity contribution in [2.75, 3.05) is 0 Å². The van der Waals surface area contributed by atoms with Gasteiger partial charge in [-0.05, 0) is 44.1 Å². The molecule has 3 atom stereocenters. The number of carbonyl (C=O) groups is 1. The van der Waals surface area contributed by atoms with Crippen molar-refractivity contribution in [3.63, 3.8) is 0 Å². The van der Waals surface area contributed by atoms with Gasteiger partial charge in [-0.2, -0.15) is 0 Å². The molecule has 0 spiro atoms. The van der Waals surface area contributed by atoms with Crippen molar-refractivity contribution in [3.8, 4) is 0 Å². The lowest BCUT2D eigenvalue weighted by atomic mass is 9.91. The highest BCUT2D eigenvalue weighted by atomic mass is 16.2. The molecule has 106 valence electrons. The van der Waals surface area contributed by atoms with E-state index in [-0.39, 0.29) is 12.0 Å². The average Bonchev–Trinajstić information content (AvgIpc) is 3.07. The number of amides is 1. The summed E-state index contributed by atoms with van der Waals surface area (Å²) >= 11 is 0. The molecule has 2 nitrogen and oxygen atoms in total. The van der Waals surface area contributed by atoms with Gasteiger partial charge < -0.3 is 4.90 Å². The molecule has 3 unspecified atom stereocenters. The lowest BCUT2D eigenvalue weighted by Crippen LogP contribution is -2.41. The zero-order valence-electron chi connectivity index (χ0n) is 12.3. The molecule has 1 saturated carbocycles.